The molecule has 1 saturated heterocycles. The van der Waals surface area contributed by atoms with Crippen molar-refractivity contribution in [2.24, 2.45) is 5.73 Å². The molecule has 1 aliphatic heterocycles. The molecule has 1 aliphatic rings. The van der Waals surface area contributed by atoms with Crippen LogP contribution in [0, 0.1) is 5.82 Å². The minimum absolute atomic E-state index is 0.0550. The molecule has 4 N–H and O–H groups in total. The molecule has 1 heterocycles. The van der Waals surface area contributed by atoms with Crippen LogP contribution in [0.2, 0.25) is 0 Å². The molecule has 18 heavy (non-hydrogen) atoms. The van der Waals surface area contributed by atoms with Gasteiger partial charge in [-0.25, -0.2) is 4.39 Å². The summed E-state index contributed by atoms with van der Waals surface area (Å²) >= 11 is 0. The number of hydrogen-bond acceptors (Lipinski definition) is 3. The maximum atomic E-state index is 13.5. The van der Waals surface area contributed by atoms with E-state index < -0.39 is 11.7 Å². The molecule has 0 unspecified atom stereocenters. The lowest BCUT2D eigenvalue weighted by Gasteiger charge is -2.23. The number of carbonyl (C=O) groups is 1. The van der Waals surface area contributed by atoms with Crippen LogP contribution in [0.15, 0.2) is 18.2 Å². The molecule has 0 saturated carbocycles. The van der Waals surface area contributed by atoms with Gasteiger partial charge in [-0.2, -0.15) is 0 Å². The first kappa shape index (κ1) is 13.0. The van der Waals surface area contributed by atoms with Crippen molar-refractivity contribution < 1.29 is 9.18 Å². The Hall–Kier alpha value is -1.46. The minimum atomic E-state index is -0.731. The average Bonchev–Trinajstić information content (AvgIpc) is 2.37. The van der Waals surface area contributed by atoms with E-state index in [1.807, 2.05) is 0 Å². The van der Waals surface area contributed by atoms with Crippen molar-refractivity contribution >= 4 is 5.91 Å². The number of nitrogens with two attached hydrogens (primary N) is 1. The van der Waals surface area contributed by atoms with E-state index >= 15 is 0 Å². The summed E-state index contributed by atoms with van der Waals surface area (Å²) in [5.41, 5.74) is 5.83. The van der Waals surface area contributed by atoms with Gasteiger partial charge in [-0.3, -0.25) is 4.79 Å². The Morgan fingerprint density at radius 3 is 2.78 bits per heavy atom. The predicted octanol–water partition coefficient (Wildman–Crippen LogP) is 0.766. The van der Waals surface area contributed by atoms with Crippen LogP contribution in [0.4, 0.5) is 4.39 Å². The van der Waals surface area contributed by atoms with Gasteiger partial charge in [-0.15, -0.1) is 0 Å². The first-order valence-corrected chi connectivity index (χ1v) is 6.19. The van der Waals surface area contributed by atoms with Crippen molar-refractivity contribution in [3.8, 4) is 0 Å². The van der Waals surface area contributed by atoms with E-state index in [0.717, 1.165) is 31.5 Å². The van der Waals surface area contributed by atoms with Crippen LogP contribution in [0.1, 0.15) is 28.8 Å². The molecule has 1 aromatic carbocycles. The molecular formula is C13H18FN3O. The van der Waals surface area contributed by atoms with Gasteiger partial charge in [-0.1, -0.05) is 6.07 Å². The Labute approximate surface area is 106 Å². The molecular weight excluding hydrogens is 233 g/mol. The second kappa shape index (κ2) is 5.93. The van der Waals surface area contributed by atoms with E-state index in [1.165, 1.54) is 12.1 Å². The zero-order valence-electron chi connectivity index (χ0n) is 10.2. The number of halogens is 1. The van der Waals surface area contributed by atoms with E-state index in [9.17, 15) is 9.18 Å². The van der Waals surface area contributed by atoms with Crippen LogP contribution in [-0.2, 0) is 6.54 Å². The second-order valence-corrected chi connectivity index (χ2v) is 4.58. The molecule has 0 atom stereocenters. The maximum absolute atomic E-state index is 13.5. The molecule has 0 aromatic heterocycles. The van der Waals surface area contributed by atoms with E-state index in [0.29, 0.717) is 12.6 Å². The molecule has 98 valence electrons. The number of nitrogens with one attached hydrogen (secondary N) is 2. The third kappa shape index (κ3) is 3.27. The molecule has 0 radical (unpaired) electrons. The number of benzene rings is 1. The summed E-state index contributed by atoms with van der Waals surface area (Å²) in [4.78, 5) is 10.9. The van der Waals surface area contributed by atoms with Gasteiger partial charge >= 0.3 is 0 Å². The summed E-state index contributed by atoms with van der Waals surface area (Å²) in [7, 11) is 0. The Bertz CT molecular complexity index is 430. The SMILES string of the molecule is NC(=O)c1ccc(CNC2CCNCC2)cc1F. The molecule has 5 heteroatoms. The van der Waals surface area contributed by atoms with E-state index in [4.69, 9.17) is 5.73 Å². The van der Waals surface area contributed by atoms with Crippen LogP contribution >= 0.6 is 0 Å². The molecule has 2 rings (SSSR count). The quantitative estimate of drug-likeness (QED) is 0.740. The van der Waals surface area contributed by atoms with Crippen LogP contribution in [-0.4, -0.2) is 25.0 Å². The van der Waals surface area contributed by atoms with Gasteiger partial charge in [-0.05, 0) is 43.6 Å². The zero-order valence-corrected chi connectivity index (χ0v) is 10.2. The largest absolute Gasteiger partial charge is 0.366 e. The summed E-state index contributed by atoms with van der Waals surface area (Å²) in [6.07, 6.45) is 2.17. The van der Waals surface area contributed by atoms with Crippen molar-refractivity contribution in [2.45, 2.75) is 25.4 Å². The Morgan fingerprint density at radius 2 is 2.17 bits per heavy atom. The van der Waals surface area contributed by atoms with E-state index in [2.05, 4.69) is 10.6 Å². The second-order valence-electron chi connectivity index (χ2n) is 4.58. The smallest absolute Gasteiger partial charge is 0.251 e. The van der Waals surface area contributed by atoms with Crippen LogP contribution < -0.4 is 16.4 Å². The van der Waals surface area contributed by atoms with Crippen molar-refractivity contribution in [1.29, 1.82) is 0 Å². The van der Waals surface area contributed by atoms with Crippen LogP contribution in [0.25, 0.3) is 0 Å². The first-order chi connectivity index (χ1) is 8.66. The standard InChI is InChI=1S/C13H18FN3O/c14-12-7-9(1-2-11(12)13(15)18)8-17-10-3-5-16-6-4-10/h1-2,7,10,16-17H,3-6,8H2,(H2,15,18). The van der Waals surface area contributed by atoms with Crippen molar-refractivity contribution in [1.82, 2.24) is 10.6 Å². The van der Waals surface area contributed by atoms with Gasteiger partial charge in [0, 0.05) is 12.6 Å². The molecule has 0 spiro atoms. The number of primary amides is 1. The third-order valence-corrected chi connectivity index (χ3v) is 3.23. The number of piperidine rings is 1. The number of carbonyl (C=O) groups excluding carboxylic acids is 1. The number of rotatable bonds is 4. The lowest BCUT2D eigenvalue weighted by Crippen LogP contribution is -2.39. The molecule has 1 fully saturated rings. The highest BCUT2D eigenvalue weighted by Gasteiger charge is 2.13. The fourth-order valence-corrected chi connectivity index (χ4v) is 2.16. The van der Waals surface area contributed by atoms with Gasteiger partial charge in [0.1, 0.15) is 5.82 Å². The fraction of sp³-hybridized carbons (Fsp3) is 0.462. The predicted molar refractivity (Wildman–Crippen MR) is 67.6 cm³/mol. The summed E-state index contributed by atoms with van der Waals surface area (Å²) in [5.74, 6) is -1.28. The maximum Gasteiger partial charge on any atom is 0.251 e. The lowest BCUT2D eigenvalue weighted by atomic mass is 10.1. The molecule has 1 aromatic rings. The van der Waals surface area contributed by atoms with Crippen LogP contribution in [0.3, 0.4) is 0 Å². The molecule has 4 nitrogen and oxygen atoms in total. The van der Waals surface area contributed by atoms with Crippen molar-refractivity contribution in [3.63, 3.8) is 0 Å². The minimum Gasteiger partial charge on any atom is -0.366 e. The topological polar surface area (TPSA) is 67.2 Å². The highest BCUT2D eigenvalue weighted by atomic mass is 19.1. The number of hydrogen-bond donors (Lipinski definition) is 3. The van der Waals surface area contributed by atoms with E-state index in [-0.39, 0.29) is 5.56 Å². The fourth-order valence-electron chi connectivity index (χ4n) is 2.16. The molecule has 1 amide bonds. The summed E-state index contributed by atoms with van der Waals surface area (Å²) in [6, 6.07) is 5.02. The third-order valence-electron chi connectivity index (χ3n) is 3.23. The Morgan fingerprint density at radius 1 is 1.44 bits per heavy atom. The summed E-state index contributed by atoms with van der Waals surface area (Å²) < 4.78 is 13.5. The van der Waals surface area contributed by atoms with Gasteiger partial charge in [0.2, 0.25) is 0 Å². The lowest BCUT2D eigenvalue weighted by molar-refractivity contribution is 0.0996. The highest BCUT2D eigenvalue weighted by molar-refractivity contribution is 5.93. The average molecular weight is 251 g/mol. The van der Waals surface area contributed by atoms with Gasteiger partial charge in [0.15, 0.2) is 0 Å². The van der Waals surface area contributed by atoms with Gasteiger partial charge < -0.3 is 16.4 Å². The van der Waals surface area contributed by atoms with Gasteiger partial charge in [0.25, 0.3) is 5.91 Å². The Kier molecular flexibility index (Phi) is 4.28. The van der Waals surface area contributed by atoms with Gasteiger partial charge in [0.05, 0.1) is 5.56 Å². The Balaban J connectivity index is 1.93. The monoisotopic (exact) mass is 251 g/mol. The van der Waals surface area contributed by atoms with E-state index in [1.54, 1.807) is 6.07 Å². The highest BCUT2D eigenvalue weighted by Crippen LogP contribution is 2.11. The zero-order chi connectivity index (χ0) is 13.0. The van der Waals surface area contributed by atoms with Crippen molar-refractivity contribution in [2.75, 3.05) is 13.1 Å². The normalized spacial score (nSPS) is 16.7. The summed E-state index contributed by atoms with van der Waals surface area (Å²) in [5, 5.41) is 6.68. The first-order valence-electron chi connectivity index (χ1n) is 6.19. The van der Waals surface area contributed by atoms with Crippen molar-refractivity contribution in [3.05, 3.63) is 35.1 Å². The molecule has 0 bridgehead atoms. The van der Waals surface area contributed by atoms with Crippen LogP contribution in [0.5, 0.6) is 0 Å². The molecule has 0 aliphatic carbocycles. The number of amides is 1. The summed E-state index contributed by atoms with van der Waals surface area (Å²) in [6.45, 7) is 2.65.